The number of carbonyl (C=O) groups is 1. The molecule has 1 unspecified atom stereocenters. The van der Waals surface area contributed by atoms with E-state index in [1.165, 1.54) is 50.2 Å². The molecule has 0 radical (unpaired) electrons. The zero-order valence-electron chi connectivity index (χ0n) is 17.0. The van der Waals surface area contributed by atoms with E-state index in [1.807, 2.05) is 0 Å². The Kier molecular flexibility index (Phi) is 6.73. The van der Waals surface area contributed by atoms with Crippen molar-refractivity contribution in [2.75, 3.05) is 27.9 Å². The van der Waals surface area contributed by atoms with Gasteiger partial charge in [0.2, 0.25) is 10.0 Å². The number of aromatic nitrogens is 3. The van der Waals surface area contributed by atoms with E-state index in [4.69, 9.17) is 9.47 Å². The Bertz CT molecular complexity index is 1020. The van der Waals surface area contributed by atoms with E-state index < -0.39 is 22.0 Å². The minimum atomic E-state index is -3.99. The molecule has 1 atom stereocenters. The fourth-order valence-electron chi connectivity index (χ4n) is 3.44. The lowest BCUT2D eigenvalue weighted by molar-refractivity contribution is -0.134. The third-order valence-electron chi connectivity index (χ3n) is 4.87. The van der Waals surface area contributed by atoms with Gasteiger partial charge in [-0.3, -0.25) is 5.10 Å². The highest BCUT2D eigenvalue weighted by atomic mass is 32.2. The van der Waals surface area contributed by atoms with Crippen molar-refractivity contribution in [3.8, 4) is 11.5 Å². The van der Waals surface area contributed by atoms with Gasteiger partial charge < -0.3 is 14.2 Å². The van der Waals surface area contributed by atoms with Crippen LogP contribution in [0.3, 0.4) is 0 Å². The number of ether oxygens (including phenoxy) is 3. The first kappa shape index (κ1) is 21.8. The molecular weight excluding hydrogens is 412 g/mol. The van der Waals surface area contributed by atoms with E-state index >= 15 is 0 Å². The molecule has 1 aliphatic rings. The van der Waals surface area contributed by atoms with Crippen LogP contribution in [0.4, 0.5) is 0 Å². The van der Waals surface area contributed by atoms with E-state index in [1.54, 1.807) is 6.07 Å². The maximum absolute atomic E-state index is 13.7. The molecular formula is C19H24N4O6S. The summed E-state index contributed by atoms with van der Waals surface area (Å²) >= 11 is 0. The van der Waals surface area contributed by atoms with Crippen LogP contribution in [-0.4, -0.2) is 61.7 Å². The van der Waals surface area contributed by atoms with Crippen LogP contribution in [-0.2, 0) is 19.6 Å². The van der Waals surface area contributed by atoms with Gasteiger partial charge in [-0.2, -0.15) is 9.40 Å². The standard InChI is InChI=1S/C19H24N4O6S/c1-27-15-10-13(7-8-17(24)28-2)11-16(18(15)29-3)30(25,26)23-9-5-4-6-14(23)19-20-12-21-22-19/h7-8,10-12,14H,4-6,9H2,1-3H3,(H,20,21,22)/b8-7+. The molecule has 2 aromatic rings. The Hall–Kier alpha value is -2.92. The van der Waals surface area contributed by atoms with E-state index in [2.05, 4.69) is 19.9 Å². The van der Waals surface area contributed by atoms with Crippen molar-refractivity contribution in [3.05, 3.63) is 35.9 Å². The molecule has 1 aromatic carbocycles. The van der Waals surface area contributed by atoms with Crippen molar-refractivity contribution in [2.24, 2.45) is 0 Å². The normalized spacial score (nSPS) is 17.8. The summed E-state index contributed by atoms with van der Waals surface area (Å²) in [4.78, 5) is 15.6. The minimum Gasteiger partial charge on any atom is -0.493 e. The van der Waals surface area contributed by atoms with Crippen LogP contribution in [0.2, 0.25) is 0 Å². The summed E-state index contributed by atoms with van der Waals surface area (Å²) in [7, 11) is 0.0692. The number of H-pyrrole nitrogens is 1. The summed E-state index contributed by atoms with van der Waals surface area (Å²) < 4.78 is 44.1. The maximum atomic E-state index is 13.7. The van der Waals surface area contributed by atoms with Gasteiger partial charge >= 0.3 is 5.97 Å². The quantitative estimate of drug-likeness (QED) is 0.516. The molecule has 1 fully saturated rings. The molecule has 3 rings (SSSR count). The zero-order valence-corrected chi connectivity index (χ0v) is 17.8. The summed E-state index contributed by atoms with van der Waals surface area (Å²) in [6, 6.07) is 2.57. The number of hydrogen-bond acceptors (Lipinski definition) is 8. The number of aromatic amines is 1. The number of benzene rings is 1. The Morgan fingerprint density at radius 1 is 1.23 bits per heavy atom. The molecule has 10 nitrogen and oxygen atoms in total. The van der Waals surface area contributed by atoms with Crippen LogP contribution < -0.4 is 9.47 Å². The fourth-order valence-corrected chi connectivity index (χ4v) is 5.30. The number of rotatable bonds is 7. The third kappa shape index (κ3) is 4.31. The molecule has 11 heteroatoms. The molecule has 30 heavy (non-hydrogen) atoms. The molecule has 1 aliphatic heterocycles. The molecule has 2 heterocycles. The van der Waals surface area contributed by atoms with Gasteiger partial charge in [-0.1, -0.05) is 6.42 Å². The number of nitrogens with zero attached hydrogens (tertiary/aromatic N) is 3. The van der Waals surface area contributed by atoms with Crippen LogP contribution in [0.5, 0.6) is 11.5 Å². The highest BCUT2D eigenvalue weighted by molar-refractivity contribution is 7.89. The van der Waals surface area contributed by atoms with Crippen LogP contribution in [0.25, 0.3) is 6.08 Å². The van der Waals surface area contributed by atoms with Crippen LogP contribution in [0.15, 0.2) is 29.4 Å². The molecule has 1 saturated heterocycles. The number of piperidine rings is 1. The van der Waals surface area contributed by atoms with Crippen LogP contribution >= 0.6 is 0 Å². The lowest BCUT2D eigenvalue weighted by Gasteiger charge is -2.33. The highest BCUT2D eigenvalue weighted by Gasteiger charge is 2.38. The van der Waals surface area contributed by atoms with Crippen molar-refractivity contribution < 1.29 is 27.4 Å². The minimum absolute atomic E-state index is 0.0553. The largest absolute Gasteiger partial charge is 0.493 e. The van der Waals surface area contributed by atoms with Crippen LogP contribution in [0.1, 0.15) is 36.7 Å². The molecule has 0 aliphatic carbocycles. The molecule has 0 spiro atoms. The molecule has 0 saturated carbocycles. The van der Waals surface area contributed by atoms with Crippen molar-refractivity contribution in [2.45, 2.75) is 30.2 Å². The van der Waals surface area contributed by atoms with Gasteiger partial charge in [0.1, 0.15) is 17.0 Å². The summed E-state index contributed by atoms with van der Waals surface area (Å²) in [5, 5.41) is 6.63. The lowest BCUT2D eigenvalue weighted by atomic mass is 10.0. The molecule has 1 aromatic heterocycles. The number of carbonyl (C=O) groups excluding carboxylic acids is 1. The number of hydrogen-bond donors (Lipinski definition) is 1. The summed E-state index contributed by atoms with van der Waals surface area (Å²) in [6.07, 6.45) is 6.24. The monoisotopic (exact) mass is 436 g/mol. The summed E-state index contributed by atoms with van der Waals surface area (Å²) in [6.45, 7) is 0.335. The van der Waals surface area contributed by atoms with Gasteiger partial charge in [-0.15, -0.1) is 0 Å². The predicted octanol–water partition coefficient (Wildman–Crippen LogP) is 1.92. The number of esters is 1. The van der Waals surface area contributed by atoms with E-state index in [9.17, 15) is 13.2 Å². The third-order valence-corrected chi connectivity index (χ3v) is 6.78. The molecule has 0 amide bonds. The lowest BCUT2D eigenvalue weighted by Crippen LogP contribution is -2.39. The van der Waals surface area contributed by atoms with Crippen LogP contribution in [0, 0.1) is 0 Å². The van der Waals surface area contributed by atoms with Crippen molar-refractivity contribution in [1.29, 1.82) is 0 Å². The predicted molar refractivity (Wildman–Crippen MR) is 107 cm³/mol. The second-order valence-electron chi connectivity index (χ2n) is 6.61. The van der Waals surface area contributed by atoms with E-state index in [-0.39, 0.29) is 16.4 Å². The van der Waals surface area contributed by atoms with Crippen molar-refractivity contribution >= 4 is 22.1 Å². The Labute approximate surface area is 174 Å². The fraction of sp³-hybridized carbons (Fsp3) is 0.421. The molecule has 0 bridgehead atoms. The van der Waals surface area contributed by atoms with Gasteiger partial charge in [-0.05, 0) is 36.6 Å². The topological polar surface area (TPSA) is 124 Å². The Balaban J connectivity index is 2.11. The molecule has 1 N–H and O–H groups in total. The van der Waals surface area contributed by atoms with Gasteiger partial charge in [-0.25, -0.2) is 18.2 Å². The highest BCUT2D eigenvalue weighted by Crippen LogP contribution is 2.41. The zero-order chi connectivity index (χ0) is 21.7. The summed E-state index contributed by atoms with van der Waals surface area (Å²) in [5.41, 5.74) is 0.449. The number of methoxy groups -OCH3 is 3. The first-order valence-corrected chi connectivity index (χ1v) is 10.8. The van der Waals surface area contributed by atoms with Gasteiger partial charge in [0.05, 0.1) is 27.4 Å². The van der Waals surface area contributed by atoms with Crippen molar-refractivity contribution in [1.82, 2.24) is 19.5 Å². The summed E-state index contributed by atoms with van der Waals surface area (Å²) in [5.74, 6) is 0.257. The second-order valence-corrected chi connectivity index (χ2v) is 8.47. The van der Waals surface area contributed by atoms with E-state index in [0.717, 1.165) is 12.8 Å². The average Bonchev–Trinajstić information content (AvgIpc) is 3.31. The molecule has 162 valence electrons. The maximum Gasteiger partial charge on any atom is 0.330 e. The average molecular weight is 436 g/mol. The van der Waals surface area contributed by atoms with Gasteiger partial charge in [0, 0.05) is 12.6 Å². The second kappa shape index (κ2) is 9.26. The Morgan fingerprint density at radius 2 is 2.03 bits per heavy atom. The van der Waals surface area contributed by atoms with Gasteiger partial charge in [0.25, 0.3) is 0 Å². The SMILES string of the molecule is COC(=O)/C=C/c1cc(OC)c(OC)c(S(=O)(=O)N2CCCCC2c2ncn[nH]2)c1. The Morgan fingerprint density at radius 3 is 2.67 bits per heavy atom. The first-order valence-electron chi connectivity index (χ1n) is 9.31. The first-order chi connectivity index (χ1) is 14.4. The van der Waals surface area contributed by atoms with E-state index in [0.29, 0.717) is 24.4 Å². The number of sulfonamides is 1. The number of nitrogens with one attached hydrogen (secondary N) is 1. The van der Waals surface area contributed by atoms with Gasteiger partial charge in [0.15, 0.2) is 11.5 Å². The van der Waals surface area contributed by atoms with Crippen molar-refractivity contribution in [3.63, 3.8) is 0 Å². The smallest absolute Gasteiger partial charge is 0.330 e.